The van der Waals surface area contributed by atoms with E-state index in [4.69, 9.17) is 0 Å². The van der Waals surface area contributed by atoms with Crippen LogP contribution in [0, 0.1) is 13.8 Å². The standard InChI is InChI=1S/C23H23F3N2O2/c1-5-18(29)12-27-15(4)21-19-7-6-16(23(24,25)26)11-20(19)28(22(21)30)17-9-13(2)8-14(3)10-17/h6-11,30H,5,12H2,1-4H3. The summed E-state index contributed by atoms with van der Waals surface area (Å²) in [6.07, 6.45) is -4.18. The molecule has 4 nitrogen and oxygen atoms in total. The molecular weight excluding hydrogens is 393 g/mol. The molecule has 0 fully saturated rings. The molecule has 7 heteroatoms. The Morgan fingerprint density at radius 2 is 1.73 bits per heavy atom. The van der Waals surface area contributed by atoms with Crippen LogP contribution in [0.2, 0.25) is 0 Å². The van der Waals surface area contributed by atoms with Gasteiger partial charge in [-0.25, -0.2) is 0 Å². The predicted molar refractivity (Wildman–Crippen MR) is 112 cm³/mol. The summed E-state index contributed by atoms with van der Waals surface area (Å²) in [5, 5.41) is 11.5. The fourth-order valence-electron chi connectivity index (χ4n) is 3.55. The van der Waals surface area contributed by atoms with Crippen molar-refractivity contribution in [2.75, 3.05) is 6.54 Å². The van der Waals surface area contributed by atoms with E-state index in [1.807, 2.05) is 19.9 Å². The summed E-state index contributed by atoms with van der Waals surface area (Å²) in [7, 11) is 0. The first-order chi connectivity index (χ1) is 14.0. The van der Waals surface area contributed by atoms with Gasteiger partial charge in [0.05, 0.1) is 23.2 Å². The maximum absolute atomic E-state index is 13.4. The number of hydrogen-bond acceptors (Lipinski definition) is 3. The van der Waals surface area contributed by atoms with Crippen LogP contribution >= 0.6 is 0 Å². The second kappa shape index (κ2) is 7.97. The second-order valence-electron chi connectivity index (χ2n) is 7.40. The summed E-state index contributed by atoms with van der Waals surface area (Å²) in [5.74, 6) is -0.272. The summed E-state index contributed by atoms with van der Waals surface area (Å²) in [6, 6.07) is 8.89. The number of ketones is 1. The first-order valence-corrected chi connectivity index (χ1v) is 9.59. The summed E-state index contributed by atoms with van der Waals surface area (Å²) in [6.45, 7) is 7.09. The van der Waals surface area contributed by atoms with Gasteiger partial charge in [-0.3, -0.25) is 14.4 Å². The Kier molecular flexibility index (Phi) is 5.74. The lowest BCUT2D eigenvalue weighted by molar-refractivity contribution is -0.137. The van der Waals surface area contributed by atoms with E-state index < -0.39 is 11.7 Å². The highest BCUT2D eigenvalue weighted by Crippen LogP contribution is 2.39. The Balaban J connectivity index is 2.33. The van der Waals surface area contributed by atoms with Gasteiger partial charge in [0.25, 0.3) is 0 Å². The van der Waals surface area contributed by atoms with Crippen LogP contribution < -0.4 is 0 Å². The molecule has 30 heavy (non-hydrogen) atoms. The summed E-state index contributed by atoms with van der Waals surface area (Å²) in [5.41, 5.74) is 2.51. The normalized spacial score (nSPS) is 12.6. The molecule has 0 atom stereocenters. The minimum absolute atomic E-state index is 0.0430. The molecule has 0 unspecified atom stereocenters. The molecule has 0 saturated carbocycles. The number of benzene rings is 2. The van der Waals surface area contributed by atoms with Gasteiger partial charge in [0.15, 0.2) is 5.78 Å². The van der Waals surface area contributed by atoms with E-state index in [2.05, 4.69) is 4.99 Å². The van der Waals surface area contributed by atoms with E-state index in [-0.39, 0.29) is 23.7 Å². The molecule has 3 rings (SSSR count). The van der Waals surface area contributed by atoms with Crippen molar-refractivity contribution in [2.45, 2.75) is 40.3 Å². The van der Waals surface area contributed by atoms with Crippen molar-refractivity contribution in [1.29, 1.82) is 0 Å². The van der Waals surface area contributed by atoms with E-state index in [0.29, 0.717) is 28.8 Å². The van der Waals surface area contributed by atoms with Gasteiger partial charge < -0.3 is 5.11 Å². The van der Waals surface area contributed by atoms with E-state index in [1.54, 1.807) is 26.0 Å². The van der Waals surface area contributed by atoms with Gasteiger partial charge in [0.2, 0.25) is 5.88 Å². The number of carbonyl (C=O) groups is 1. The third-order valence-electron chi connectivity index (χ3n) is 4.98. The predicted octanol–water partition coefficient (Wildman–Crippen LogP) is 5.76. The van der Waals surface area contributed by atoms with Crippen LogP contribution in [0.1, 0.15) is 42.5 Å². The zero-order valence-corrected chi connectivity index (χ0v) is 17.3. The van der Waals surface area contributed by atoms with Crippen molar-refractivity contribution in [1.82, 2.24) is 4.57 Å². The Labute approximate surface area is 172 Å². The number of aryl methyl sites for hydroxylation is 2. The minimum atomic E-state index is -4.52. The van der Waals surface area contributed by atoms with Gasteiger partial charge in [-0.15, -0.1) is 0 Å². The highest BCUT2D eigenvalue weighted by molar-refractivity contribution is 6.13. The summed E-state index contributed by atoms with van der Waals surface area (Å²) >= 11 is 0. The molecule has 0 aliphatic carbocycles. The van der Waals surface area contributed by atoms with Crippen LogP contribution in [-0.4, -0.2) is 27.7 Å². The number of hydrogen-bond donors (Lipinski definition) is 1. The molecule has 3 aromatic rings. The van der Waals surface area contributed by atoms with Crippen molar-refractivity contribution in [3.8, 4) is 11.6 Å². The molecule has 0 aliphatic heterocycles. The minimum Gasteiger partial charge on any atom is -0.494 e. The van der Waals surface area contributed by atoms with Crippen LogP contribution in [0.25, 0.3) is 16.6 Å². The largest absolute Gasteiger partial charge is 0.494 e. The lowest BCUT2D eigenvalue weighted by atomic mass is 10.1. The molecule has 0 aliphatic rings. The first kappa shape index (κ1) is 21.6. The van der Waals surface area contributed by atoms with Crippen LogP contribution in [0.3, 0.4) is 0 Å². The van der Waals surface area contributed by atoms with E-state index in [1.165, 1.54) is 10.6 Å². The third-order valence-corrected chi connectivity index (χ3v) is 4.98. The number of carbonyl (C=O) groups excluding carboxylic acids is 1. The van der Waals surface area contributed by atoms with E-state index in [0.717, 1.165) is 23.3 Å². The lowest BCUT2D eigenvalue weighted by Gasteiger charge is -2.11. The Hall–Kier alpha value is -3.09. The molecule has 0 saturated heterocycles. The Morgan fingerprint density at radius 3 is 2.30 bits per heavy atom. The maximum atomic E-state index is 13.4. The van der Waals surface area contributed by atoms with Gasteiger partial charge in [-0.05, 0) is 56.2 Å². The summed E-state index contributed by atoms with van der Waals surface area (Å²) in [4.78, 5) is 15.9. The molecule has 2 aromatic carbocycles. The molecule has 1 aromatic heterocycles. The third kappa shape index (κ3) is 4.10. The quantitative estimate of drug-likeness (QED) is 0.538. The van der Waals surface area contributed by atoms with Gasteiger partial charge in [-0.2, -0.15) is 13.2 Å². The lowest BCUT2D eigenvalue weighted by Crippen LogP contribution is -2.05. The number of halogens is 3. The van der Waals surface area contributed by atoms with E-state index >= 15 is 0 Å². The highest BCUT2D eigenvalue weighted by atomic mass is 19.4. The molecule has 0 radical (unpaired) electrons. The zero-order chi connectivity index (χ0) is 22.2. The van der Waals surface area contributed by atoms with Crippen molar-refractivity contribution in [3.05, 3.63) is 58.7 Å². The van der Waals surface area contributed by atoms with Crippen LogP contribution in [-0.2, 0) is 11.0 Å². The van der Waals surface area contributed by atoms with Crippen LogP contribution in [0.5, 0.6) is 5.88 Å². The summed E-state index contributed by atoms with van der Waals surface area (Å²) < 4.78 is 41.5. The SMILES string of the molecule is CCC(=O)CN=C(C)c1c(O)n(-c2cc(C)cc(C)c2)c2cc(C(F)(F)F)ccc12. The molecule has 1 N–H and O–H groups in total. The molecule has 0 amide bonds. The topological polar surface area (TPSA) is 54.6 Å². The fraction of sp³-hybridized carbons (Fsp3) is 0.304. The number of nitrogens with zero attached hydrogens (tertiary/aromatic N) is 2. The number of aromatic hydroxyl groups is 1. The van der Waals surface area contributed by atoms with Gasteiger partial charge in [0, 0.05) is 23.2 Å². The monoisotopic (exact) mass is 416 g/mol. The number of rotatable bonds is 5. The molecule has 0 spiro atoms. The molecule has 0 bridgehead atoms. The zero-order valence-electron chi connectivity index (χ0n) is 17.3. The second-order valence-corrected chi connectivity index (χ2v) is 7.40. The molecule has 1 heterocycles. The van der Waals surface area contributed by atoms with Gasteiger partial charge >= 0.3 is 6.18 Å². The molecule has 158 valence electrons. The smallest absolute Gasteiger partial charge is 0.416 e. The Bertz CT molecular complexity index is 1140. The van der Waals surface area contributed by atoms with Crippen LogP contribution in [0.15, 0.2) is 41.4 Å². The van der Waals surface area contributed by atoms with Crippen LogP contribution in [0.4, 0.5) is 13.2 Å². The number of fused-ring (bicyclic) bond motifs is 1. The number of aliphatic imine (C=N–C) groups is 1. The van der Waals surface area contributed by atoms with Crippen molar-refractivity contribution in [2.24, 2.45) is 4.99 Å². The average Bonchev–Trinajstić information content (AvgIpc) is 2.95. The Morgan fingerprint density at radius 1 is 1.10 bits per heavy atom. The first-order valence-electron chi connectivity index (χ1n) is 9.59. The average molecular weight is 416 g/mol. The van der Waals surface area contributed by atoms with Crippen molar-refractivity contribution >= 4 is 22.4 Å². The number of alkyl halides is 3. The highest BCUT2D eigenvalue weighted by Gasteiger charge is 2.32. The number of Topliss-reactive ketones (excluding diaryl/α,β-unsaturated/α-hetero) is 1. The van der Waals surface area contributed by atoms with Crippen molar-refractivity contribution in [3.63, 3.8) is 0 Å². The van der Waals surface area contributed by atoms with Gasteiger partial charge in [-0.1, -0.05) is 19.1 Å². The maximum Gasteiger partial charge on any atom is 0.416 e. The van der Waals surface area contributed by atoms with Crippen molar-refractivity contribution < 1.29 is 23.1 Å². The number of aromatic nitrogens is 1. The fourth-order valence-corrected chi connectivity index (χ4v) is 3.55. The molecular formula is C23H23F3N2O2. The van der Waals surface area contributed by atoms with Gasteiger partial charge in [0.1, 0.15) is 0 Å². The van der Waals surface area contributed by atoms with E-state index in [9.17, 15) is 23.1 Å².